The molecule has 0 bridgehead atoms. The number of hydrogen-bond acceptors (Lipinski definition) is 3. The van der Waals surface area contributed by atoms with Crippen molar-refractivity contribution in [1.29, 1.82) is 0 Å². The zero-order chi connectivity index (χ0) is 6.69. The quantitative estimate of drug-likeness (QED) is 0.614. The van der Waals surface area contributed by atoms with E-state index in [2.05, 4.69) is 2.71 Å². The van der Waals surface area contributed by atoms with Crippen LogP contribution in [0.25, 0.3) is 0 Å². The number of aliphatic hydroxyl groups excluding tert-OH is 1. The van der Waals surface area contributed by atoms with Gasteiger partial charge in [0.25, 0.3) is 0 Å². The van der Waals surface area contributed by atoms with E-state index in [1.165, 1.54) is 0 Å². The van der Waals surface area contributed by atoms with Gasteiger partial charge in [-0.3, -0.25) is 0 Å². The molecule has 1 N–H and O–H groups in total. The van der Waals surface area contributed by atoms with Gasteiger partial charge in [0.1, 0.15) is 0 Å². The number of aliphatic hydroxyl groups is 1. The van der Waals surface area contributed by atoms with E-state index in [-0.39, 0.29) is 6.61 Å². The summed E-state index contributed by atoms with van der Waals surface area (Å²) in [7, 11) is 0. The molecule has 0 aliphatic carbocycles. The molecule has 0 saturated carbocycles. The first-order valence-electron chi connectivity index (χ1n) is 3.04. The molecule has 1 unspecified atom stereocenters. The summed E-state index contributed by atoms with van der Waals surface area (Å²) in [5.41, 5.74) is 0. The summed E-state index contributed by atoms with van der Waals surface area (Å²) in [5.74, 6) is 0. The zero-order valence-corrected chi connectivity index (χ0v) is 9.77. The fraction of sp³-hybridized carbons (Fsp3) is 1.00. The van der Waals surface area contributed by atoms with E-state index in [1.807, 2.05) is 0 Å². The van der Waals surface area contributed by atoms with Gasteiger partial charge in [-0.2, -0.15) is 0 Å². The Morgan fingerprint density at radius 2 is 2.56 bits per heavy atom. The molecule has 1 atom stereocenters. The molecule has 4 heteroatoms. The average Bonchev–Trinajstić information content (AvgIpc) is 1.89. The average molecular weight is 321 g/mol. The van der Waals surface area contributed by atoms with Crippen molar-refractivity contribution in [3.63, 3.8) is 0 Å². The molecule has 50 valence electrons. The van der Waals surface area contributed by atoms with Crippen LogP contribution in [0.2, 0.25) is 0 Å². The Kier molecular flexibility index (Phi) is 3.38. The van der Waals surface area contributed by atoms with Gasteiger partial charge in [-0.25, -0.2) is 0 Å². The van der Waals surface area contributed by atoms with E-state index < -0.39 is 0 Å². The van der Waals surface area contributed by atoms with Crippen molar-refractivity contribution >= 4 is 26.1 Å². The van der Waals surface area contributed by atoms with Gasteiger partial charge in [-0.05, 0) is 0 Å². The minimum atomic E-state index is 0.247. The fourth-order valence-electron chi connectivity index (χ4n) is 0.825. The van der Waals surface area contributed by atoms with E-state index >= 15 is 0 Å². The molecule has 0 aromatic heterocycles. The Morgan fingerprint density at radius 3 is 3.00 bits per heavy atom. The van der Waals surface area contributed by atoms with Gasteiger partial charge in [-0.1, -0.05) is 0 Å². The van der Waals surface area contributed by atoms with Gasteiger partial charge in [-0.15, -0.1) is 0 Å². The molecule has 1 heterocycles. The maximum atomic E-state index is 8.77. The van der Waals surface area contributed by atoms with Crippen LogP contribution in [0.5, 0.6) is 0 Å². The first kappa shape index (κ1) is 7.90. The Hall–Kier alpha value is 0.802. The first-order chi connectivity index (χ1) is 4.34. The molecular formula is C5H10NO2Tl. The van der Waals surface area contributed by atoms with Crippen LogP contribution in [0.1, 0.15) is 0 Å². The van der Waals surface area contributed by atoms with Crippen LogP contribution in [-0.2, 0) is 4.74 Å². The Balaban J connectivity index is 2.30. The molecule has 1 rings (SSSR count). The van der Waals surface area contributed by atoms with E-state index in [1.54, 1.807) is 0 Å². The minimum absolute atomic E-state index is 0.247. The third-order valence-corrected chi connectivity index (χ3v) is 4.13. The molecular weight excluding hydrogens is 310 g/mol. The molecule has 3 nitrogen and oxygen atoms in total. The fourth-order valence-corrected chi connectivity index (χ4v) is 1.94. The molecule has 9 heavy (non-hydrogen) atoms. The molecule has 0 aromatic rings. The summed E-state index contributed by atoms with van der Waals surface area (Å²) in [4.78, 5) is 0. The Labute approximate surface area is 71.1 Å². The van der Waals surface area contributed by atoms with Gasteiger partial charge in [0.2, 0.25) is 0 Å². The normalized spacial score (nSPS) is 30.4. The number of hydrogen-bond donors (Lipinski definition) is 1. The molecule has 0 radical (unpaired) electrons. The van der Waals surface area contributed by atoms with Crippen molar-refractivity contribution in [1.82, 2.24) is 2.71 Å². The molecule has 1 fully saturated rings. The van der Waals surface area contributed by atoms with Crippen LogP contribution in [-0.4, -0.2) is 66.3 Å². The summed E-state index contributed by atoms with van der Waals surface area (Å²) < 4.78 is 7.45. The van der Waals surface area contributed by atoms with Crippen LogP contribution in [0.15, 0.2) is 0 Å². The molecule has 1 aliphatic rings. The first-order valence-corrected chi connectivity index (χ1v) is 5.05. The standard InChI is InChI=1S/C5H10NO2.Tl/c7-3-5-4-8-2-1-6-5;/h5,7H,1-4H2;/q-1;+1. The zero-order valence-electron chi connectivity index (χ0n) is 5.29. The summed E-state index contributed by atoms with van der Waals surface area (Å²) in [5, 5.41) is 8.77. The van der Waals surface area contributed by atoms with Gasteiger partial charge in [0.05, 0.1) is 0 Å². The summed E-state index contributed by atoms with van der Waals surface area (Å²) in [6.45, 7) is 2.81. The van der Waals surface area contributed by atoms with E-state index in [9.17, 15) is 0 Å². The van der Waals surface area contributed by atoms with Crippen molar-refractivity contribution < 1.29 is 9.84 Å². The maximum absolute atomic E-state index is 8.77. The Morgan fingerprint density at radius 1 is 1.78 bits per heavy atom. The summed E-state index contributed by atoms with van der Waals surface area (Å²) in [6, 6.07) is 0.295. The second-order valence-electron chi connectivity index (χ2n) is 2.15. The van der Waals surface area contributed by atoms with Gasteiger partial charge in [0, 0.05) is 0 Å². The predicted octanol–water partition coefficient (Wildman–Crippen LogP) is -1.24. The van der Waals surface area contributed by atoms with Crippen molar-refractivity contribution in [2.45, 2.75) is 6.04 Å². The summed E-state index contributed by atoms with van der Waals surface area (Å²) >= 11 is 0.844. The number of ether oxygens (including phenoxy) is 1. The second kappa shape index (κ2) is 3.85. The number of morpholine rings is 1. The van der Waals surface area contributed by atoms with E-state index in [4.69, 9.17) is 9.84 Å². The van der Waals surface area contributed by atoms with Crippen LogP contribution in [0, 0.1) is 0 Å². The molecule has 0 spiro atoms. The van der Waals surface area contributed by atoms with Crippen molar-refractivity contribution in [3.05, 3.63) is 0 Å². The van der Waals surface area contributed by atoms with Crippen LogP contribution in [0.4, 0.5) is 0 Å². The third kappa shape index (κ3) is 2.14. The monoisotopic (exact) mass is 321 g/mol. The SMILES string of the molecule is OCC1COCC[N]1[Tl]. The molecule has 1 saturated heterocycles. The predicted molar refractivity (Wildman–Crippen MR) is 34.2 cm³/mol. The van der Waals surface area contributed by atoms with Crippen LogP contribution < -0.4 is 0 Å². The van der Waals surface area contributed by atoms with Crippen molar-refractivity contribution in [2.75, 3.05) is 26.4 Å². The molecule has 0 amide bonds. The number of nitrogens with zero attached hydrogens (tertiary/aromatic N) is 1. The third-order valence-electron chi connectivity index (χ3n) is 1.48. The number of rotatable bonds is 1. The van der Waals surface area contributed by atoms with Gasteiger partial charge in [0.15, 0.2) is 0 Å². The topological polar surface area (TPSA) is 32.7 Å². The van der Waals surface area contributed by atoms with Gasteiger partial charge < -0.3 is 0 Å². The van der Waals surface area contributed by atoms with Crippen molar-refractivity contribution in [3.8, 4) is 0 Å². The Bertz CT molecular complexity index is 91.0. The van der Waals surface area contributed by atoms with E-state index in [0.29, 0.717) is 12.6 Å². The molecule has 1 aliphatic heterocycles. The van der Waals surface area contributed by atoms with E-state index in [0.717, 1.165) is 39.2 Å². The summed E-state index contributed by atoms with van der Waals surface area (Å²) in [6.07, 6.45) is 0. The second-order valence-corrected chi connectivity index (χ2v) is 4.73. The van der Waals surface area contributed by atoms with Gasteiger partial charge >= 0.3 is 71.0 Å². The van der Waals surface area contributed by atoms with Crippen LogP contribution in [0.3, 0.4) is 0 Å². The molecule has 0 aromatic carbocycles. The van der Waals surface area contributed by atoms with Crippen molar-refractivity contribution in [2.24, 2.45) is 0 Å². The van der Waals surface area contributed by atoms with Crippen LogP contribution >= 0.6 is 0 Å².